The number of imidazole rings is 1. The van der Waals surface area contributed by atoms with Gasteiger partial charge in [0.2, 0.25) is 0 Å². The fourth-order valence-corrected chi connectivity index (χ4v) is 3.55. The minimum atomic E-state index is 0.558. The Labute approximate surface area is 123 Å². The van der Waals surface area contributed by atoms with Gasteiger partial charge in [-0.15, -0.1) is 0 Å². The molecule has 5 heteroatoms. The van der Waals surface area contributed by atoms with Gasteiger partial charge in [-0.25, -0.2) is 9.97 Å². The molecule has 0 aliphatic heterocycles. The molecule has 0 saturated heterocycles. The lowest BCUT2D eigenvalue weighted by Gasteiger charge is -2.31. The minimum absolute atomic E-state index is 0.558. The normalized spacial score (nSPS) is 23.4. The Morgan fingerprint density at radius 3 is 2.76 bits per heavy atom. The van der Waals surface area contributed by atoms with Gasteiger partial charge in [-0.05, 0) is 45.8 Å². The van der Waals surface area contributed by atoms with Crippen LogP contribution in [0.1, 0.15) is 37.4 Å². The summed E-state index contributed by atoms with van der Waals surface area (Å²) < 4.78 is 0. The molecule has 1 aliphatic carbocycles. The fourth-order valence-electron chi connectivity index (χ4n) is 3.55. The number of hydrogen-bond acceptors (Lipinski definition) is 3. The third-order valence-corrected chi connectivity index (χ3v) is 4.87. The number of pyridine rings is 1. The molecular weight excluding hydrogens is 262 g/mol. The first-order valence-corrected chi connectivity index (χ1v) is 7.70. The SMILES string of the molecule is CN(C)C1CCC(c2nc3c(cnc4[nH]ccc43)[nH]2)CC1. The average molecular weight is 283 g/mol. The molecule has 0 unspecified atom stereocenters. The number of H-pyrrole nitrogens is 2. The summed E-state index contributed by atoms with van der Waals surface area (Å²) in [5, 5.41) is 1.11. The highest BCUT2D eigenvalue weighted by atomic mass is 15.1. The van der Waals surface area contributed by atoms with Gasteiger partial charge < -0.3 is 14.9 Å². The van der Waals surface area contributed by atoms with E-state index in [1.165, 1.54) is 25.7 Å². The zero-order valence-corrected chi connectivity index (χ0v) is 12.6. The van der Waals surface area contributed by atoms with E-state index in [-0.39, 0.29) is 0 Å². The van der Waals surface area contributed by atoms with Gasteiger partial charge in [0.25, 0.3) is 0 Å². The molecule has 0 amide bonds. The van der Waals surface area contributed by atoms with Crippen molar-refractivity contribution in [2.75, 3.05) is 14.1 Å². The van der Waals surface area contributed by atoms with E-state index in [4.69, 9.17) is 4.98 Å². The van der Waals surface area contributed by atoms with E-state index < -0.39 is 0 Å². The van der Waals surface area contributed by atoms with E-state index in [0.29, 0.717) is 5.92 Å². The van der Waals surface area contributed by atoms with Crippen LogP contribution in [0.25, 0.3) is 22.1 Å². The number of nitrogens with zero attached hydrogens (tertiary/aromatic N) is 3. The Hall–Kier alpha value is -1.88. The molecule has 1 saturated carbocycles. The van der Waals surface area contributed by atoms with Gasteiger partial charge in [-0.2, -0.15) is 0 Å². The maximum absolute atomic E-state index is 4.88. The summed E-state index contributed by atoms with van der Waals surface area (Å²) in [5.41, 5.74) is 3.01. The average Bonchev–Trinajstić information content (AvgIpc) is 3.12. The summed E-state index contributed by atoms with van der Waals surface area (Å²) >= 11 is 0. The Morgan fingerprint density at radius 1 is 1.19 bits per heavy atom. The largest absolute Gasteiger partial charge is 0.346 e. The maximum Gasteiger partial charge on any atom is 0.139 e. The topological polar surface area (TPSA) is 60.6 Å². The molecular formula is C16H21N5. The molecule has 21 heavy (non-hydrogen) atoms. The van der Waals surface area contributed by atoms with Crippen LogP contribution in [-0.2, 0) is 0 Å². The number of hydrogen-bond donors (Lipinski definition) is 2. The van der Waals surface area contributed by atoms with Crippen molar-refractivity contribution in [2.24, 2.45) is 0 Å². The Balaban J connectivity index is 1.65. The van der Waals surface area contributed by atoms with E-state index in [2.05, 4.69) is 40.0 Å². The zero-order chi connectivity index (χ0) is 14.4. The smallest absolute Gasteiger partial charge is 0.139 e. The Morgan fingerprint density at radius 2 is 2.00 bits per heavy atom. The third kappa shape index (κ3) is 2.12. The fraction of sp³-hybridized carbons (Fsp3) is 0.500. The molecule has 1 aliphatic rings. The van der Waals surface area contributed by atoms with Crippen molar-refractivity contribution in [2.45, 2.75) is 37.6 Å². The standard InChI is InChI=1S/C16H21N5/c1-21(2)11-5-3-10(4-6-11)15-19-13-9-18-16-12(7-8-17-16)14(13)20-15/h7-11H,3-6H2,1-2H3,(H,17,18)(H,19,20). The van der Waals surface area contributed by atoms with E-state index in [1.54, 1.807) is 0 Å². The minimum Gasteiger partial charge on any atom is -0.346 e. The molecule has 110 valence electrons. The number of rotatable bonds is 2. The van der Waals surface area contributed by atoms with Crippen molar-refractivity contribution in [3.63, 3.8) is 0 Å². The van der Waals surface area contributed by atoms with E-state index >= 15 is 0 Å². The molecule has 3 aromatic heterocycles. The first-order chi connectivity index (χ1) is 10.2. The molecule has 3 aromatic rings. The van der Waals surface area contributed by atoms with Gasteiger partial charge in [0.15, 0.2) is 0 Å². The molecule has 0 atom stereocenters. The van der Waals surface area contributed by atoms with Crippen molar-refractivity contribution in [1.82, 2.24) is 24.8 Å². The van der Waals surface area contributed by atoms with Gasteiger partial charge in [0.05, 0.1) is 11.7 Å². The molecule has 0 aromatic carbocycles. The van der Waals surface area contributed by atoms with E-state index in [0.717, 1.165) is 33.9 Å². The van der Waals surface area contributed by atoms with Gasteiger partial charge in [0.1, 0.15) is 17.0 Å². The van der Waals surface area contributed by atoms with Crippen LogP contribution in [0.2, 0.25) is 0 Å². The molecule has 4 rings (SSSR count). The van der Waals surface area contributed by atoms with Crippen LogP contribution in [0.5, 0.6) is 0 Å². The first kappa shape index (κ1) is 12.8. The van der Waals surface area contributed by atoms with E-state index in [1.807, 2.05) is 12.4 Å². The Kier molecular flexibility index (Phi) is 2.96. The maximum atomic E-state index is 4.88. The highest BCUT2D eigenvalue weighted by Gasteiger charge is 2.25. The third-order valence-electron chi connectivity index (χ3n) is 4.87. The van der Waals surface area contributed by atoms with Gasteiger partial charge >= 0.3 is 0 Å². The second-order valence-corrected chi connectivity index (χ2v) is 6.35. The molecule has 5 nitrogen and oxygen atoms in total. The quantitative estimate of drug-likeness (QED) is 0.760. The highest BCUT2D eigenvalue weighted by molar-refractivity contribution is 6.00. The predicted molar refractivity (Wildman–Crippen MR) is 84.4 cm³/mol. The number of aromatic nitrogens is 4. The van der Waals surface area contributed by atoms with E-state index in [9.17, 15) is 0 Å². The monoisotopic (exact) mass is 283 g/mol. The molecule has 0 radical (unpaired) electrons. The van der Waals surface area contributed by atoms with Crippen LogP contribution in [0.15, 0.2) is 18.5 Å². The van der Waals surface area contributed by atoms with Crippen molar-refractivity contribution in [3.8, 4) is 0 Å². The van der Waals surface area contributed by atoms with Gasteiger partial charge in [0, 0.05) is 23.5 Å². The van der Waals surface area contributed by atoms with Crippen LogP contribution < -0.4 is 0 Å². The van der Waals surface area contributed by atoms with Crippen molar-refractivity contribution in [1.29, 1.82) is 0 Å². The number of fused-ring (bicyclic) bond motifs is 3. The summed E-state index contributed by atoms with van der Waals surface area (Å²) in [5.74, 6) is 1.69. The van der Waals surface area contributed by atoms with Crippen molar-refractivity contribution in [3.05, 3.63) is 24.3 Å². The summed E-state index contributed by atoms with van der Waals surface area (Å²) in [4.78, 5) is 18.3. The molecule has 3 heterocycles. The highest BCUT2D eigenvalue weighted by Crippen LogP contribution is 2.34. The lowest BCUT2D eigenvalue weighted by molar-refractivity contribution is 0.214. The van der Waals surface area contributed by atoms with Crippen LogP contribution in [-0.4, -0.2) is 45.0 Å². The second kappa shape index (κ2) is 4.84. The first-order valence-electron chi connectivity index (χ1n) is 7.70. The second-order valence-electron chi connectivity index (χ2n) is 6.35. The molecule has 1 fully saturated rings. The molecule has 0 spiro atoms. The van der Waals surface area contributed by atoms with Crippen LogP contribution in [0.4, 0.5) is 0 Å². The van der Waals surface area contributed by atoms with Gasteiger partial charge in [-0.3, -0.25) is 0 Å². The summed E-state index contributed by atoms with van der Waals surface area (Å²) in [7, 11) is 4.36. The summed E-state index contributed by atoms with van der Waals surface area (Å²) in [6.07, 6.45) is 8.75. The van der Waals surface area contributed by atoms with Crippen molar-refractivity contribution >= 4 is 22.1 Å². The molecule has 0 bridgehead atoms. The zero-order valence-electron chi connectivity index (χ0n) is 12.6. The number of aromatic amines is 2. The van der Waals surface area contributed by atoms with Crippen LogP contribution >= 0.6 is 0 Å². The predicted octanol–water partition coefficient (Wildman–Crippen LogP) is 3.03. The van der Waals surface area contributed by atoms with Gasteiger partial charge in [-0.1, -0.05) is 0 Å². The lowest BCUT2D eigenvalue weighted by Crippen LogP contribution is -2.31. The van der Waals surface area contributed by atoms with Crippen molar-refractivity contribution < 1.29 is 0 Å². The Bertz CT molecular complexity index is 761. The number of nitrogens with one attached hydrogen (secondary N) is 2. The molecule has 2 N–H and O–H groups in total. The summed E-state index contributed by atoms with van der Waals surface area (Å²) in [6, 6.07) is 2.78. The summed E-state index contributed by atoms with van der Waals surface area (Å²) in [6.45, 7) is 0. The lowest BCUT2D eigenvalue weighted by atomic mass is 9.85. The van der Waals surface area contributed by atoms with Crippen LogP contribution in [0, 0.1) is 0 Å². The van der Waals surface area contributed by atoms with Crippen LogP contribution in [0.3, 0.4) is 0 Å².